The second-order valence-corrected chi connectivity index (χ2v) is 8.45. The third-order valence-corrected chi connectivity index (χ3v) is 5.46. The van der Waals surface area contributed by atoms with Crippen molar-refractivity contribution in [2.45, 2.75) is 6.92 Å². The van der Waals surface area contributed by atoms with E-state index in [9.17, 15) is 27.5 Å². The Bertz CT molecular complexity index is 886. The van der Waals surface area contributed by atoms with E-state index < -0.39 is 41.0 Å². The molecule has 11 nitrogen and oxygen atoms in total. The Hall–Kier alpha value is -2.98. The van der Waals surface area contributed by atoms with Crippen LogP contribution in [0.3, 0.4) is 0 Å². The van der Waals surface area contributed by atoms with Crippen LogP contribution in [0.25, 0.3) is 0 Å². The molecule has 1 atom stereocenters. The van der Waals surface area contributed by atoms with Gasteiger partial charge in [0.2, 0.25) is 0 Å². The molecule has 0 fully saturated rings. The Morgan fingerprint density at radius 1 is 1.19 bits per heavy atom. The van der Waals surface area contributed by atoms with Gasteiger partial charge in [0.25, 0.3) is 0 Å². The van der Waals surface area contributed by atoms with E-state index in [-0.39, 0.29) is 5.69 Å². The van der Waals surface area contributed by atoms with E-state index in [0.717, 1.165) is 12.1 Å². The molecule has 144 valence electrons. The molecule has 2 rings (SSSR count). The van der Waals surface area contributed by atoms with Crippen LogP contribution in [0.2, 0.25) is 0 Å². The second-order valence-electron chi connectivity index (χ2n) is 4.92. The van der Waals surface area contributed by atoms with Gasteiger partial charge in [-0.25, -0.2) is 4.79 Å². The molecule has 1 amide bonds. The van der Waals surface area contributed by atoms with Gasteiger partial charge in [-0.2, -0.15) is 0 Å². The van der Waals surface area contributed by atoms with E-state index >= 15 is 0 Å². The normalized spacial score (nSPS) is 12.1. The molecule has 0 bridgehead atoms. The summed E-state index contributed by atoms with van der Waals surface area (Å²) in [5, 5.41) is 29.7. The molecule has 27 heavy (non-hydrogen) atoms. The molecule has 0 aliphatic rings. The summed E-state index contributed by atoms with van der Waals surface area (Å²) in [6.45, 7) is 1.21. The molecule has 1 unspecified atom stereocenters. The van der Waals surface area contributed by atoms with Gasteiger partial charge in [-0.15, -0.1) is 0 Å². The largest absolute Gasteiger partial charge is 0.478 e. The molecule has 2 aromatic rings. The summed E-state index contributed by atoms with van der Waals surface area (Å²) in [4.78, 5) is 30.8. The molecule has 2 aromatic carbocycles. The van der Waals surface area contributed by atoms with E-state index in [1.807, 2.05) is 0 Å². The molecular formula is C15H15AsN2O9. The number of carbonyl (C=O) groups is 2. The number of rotatable bonds is 5. The van der Waals surface area contributed by atoms with Crippen molar-refractivity contribution in [3.05, 3.63) is 64.2 Å². The standard InChI is InChI=1S/C8H9AsN2O7.C7H6O2/c1-5(12)10-6-2-3-7(9(13,14)18-17)8(4-6)11(15)16;8-7(9)6-4-2-1-3-5-6/h2-4,17H,1H3,(H,10,12)(H,13,14);1-5H,(H,8,9). The summed E-state index contributed by atoms with van der Waals surface area (Å²) in [5.74, 6) is -1.33. The van der Waals surface area contributed by atoms with Gasteiger partial charge in [-0.3, -0.25) is 0 Å². The Labute approximate surface area is 155 Å². The zero-order valence-electron chi connectivity index (χ0n) is 13.8. The molecule has 0 saturated carbocycles. The van der Waals surface area contributed by atoms with E-state index in [0.29, 0.717) is 5.56 Å². The van der Waals surface area contributed by atoms with E-state index in [2.05, 4.69) is 9.19 Å². The number of amides is 1. The predicted molar refractivity (Wildman–Crippen MR) is 92.8 cm³/mol. The van der Waals surface area contributed by atoms with Gasteiger partial charge in [0, 0.05) is 0 Å². The van der Waals surface area contributed by atoms with Gasteiger partial charge in [-0.05, 0) is 12.1 Å². The van der Waals surface area contributed by atoms with Crippen molar-refractivity contribution in [1.29, 1.82) is 0 Å². The first-order valence-electron chi connectivity index (χ1n) is 7.09. The van der Waals surface area contributed by atoms with Gasteiger partial charge in [0.05, 0.1) is 5.56 Å². The Morgan fingerprint density at radius 2 is 1.78 bits per heavy atom. The molecule has 0 aliphatic heterocycles. The number of hydrogen-bond donors (Lipinski definition) is 4. The molecule has 0 aromatic heterocycles. The fourth-order valence-electron chi connectivity index (χ4n) is 1.81. The van der Waals surface area contributed by atoms with Crippen molar-refractivity contribution >= 4 is 41.8 Å². The summed E-state index contributed by atoms with van der Waals surface area (Å²) in [6.07, 6.45) is 0. The maximum Gasteiger partial charge on any atom is 0.335 e. The maximum absolute atomic E-state index is 11.4. The molecule has 0 radical (unpaired) electrons. The number of hydrogen-bond acceptors (Lipinski definition) is 7. The van der Waals surface area contributed by atoms with Crippen LogP contribution in [-0.4, -0.2) is 45.4 Å². The third kappa shape index (κ3) is 6.68. The first kappa shape index (κ1) is 22.1. The molecular weight excluding hydrogens is 427 g/mol. The van der Waals surface area contributed by atoms with Gasteiger partial charge in [0.1, 0.15) is 0 Å². The number of nitrogens with one attached hydrogen (secondary N) is 1. The smallest absolute Gasteiger partial charge is 0.335 e. The number of carboxylic acids is 1. The molecule has 0 heterocycles. The van der Waals surface area contributed by atoms with Crippen molar-refractivity contribution in [3.8, 4) is 0 Å². The van der Waals surface area contributed by atoms with Crippen LogP contribution in [-0.2, 0) is 12.4 Å². The number of benzene rings is 2. The van der Waals surface area contributed by atoms with Crippen molar-refractivity contribution in [2.24, 2.45) is 0 Å². The summed E-state index contributed by atoms with van der Waals surface area (Å²) >= 11 is -5.33. The Morgan fingerprint density at radius 3 is 2.19 bits per heavy atom. The van der Waals surface area contributed by atoms with E-state index in [1.165, 1.54) is 13.0 Å². The molecule has 0 spiro atoms. The van der Waals surface area contributed by atoms with Crippen LogP contribution in [0.4, 0.5) is 11.4 Å². The van der Waals surface area contributed by atoms with Crippen molar-refractivity contribution in [1.82, 2.24) is 0 Å². The number of anilines is 1. The number of nitrogens with zero attached hydrogens (tertiary/aromatic N) is 1. The summed E-state index contributed by atoms with van der Waals surface area (Å²) < 4.78 is 23.4. The molecule has 0 saturated heterocycles. The number of carbonyl (C=O) groups excluding carboxylic acids is 1. The average Bonchev–Trinajstić information content (AvgIpc) is 2.62. The fourth-order valence-corrected chi connectivity index (χ4v) is 3.46. The minimum absolute atomic E-state index is 0.0892. The molecule has 12 heteroatoms. The van der Waals surface area contributed by atoms with Crippen LogP contribution in [0.1, 0.15) is 17.3 Å². The fraction of sp³-hybridized carbons (Fsp3) is 0.0667. The maximum atomic E-state index is 11.4. The van der Waals surface area contributed by atoms with Gasteiger partial charge in [0.15, 0.2) is 0 Å². The Balaban J connectivity index is 0.000000337. The van der Waals surface area contributed by atoms with Crippen LogP contribution in [0.5, 0.6) is 0 Å². The van der Waals surface area contributed by atoms with Crippen LogP contribution >= 0.6 is 0 Å². The summed E-state index contributed by atoms with van der Waals surface area (Å²) in [7, 11) is 0. The summed E-state index contributed by atoms with van der Waals surface area (Å²) in [5.41, 5.74) is -0.302. The van der Waals surface area contributed by atoms with Crippen molar-refractivity contribution in [3.63, 3.8) is 0 Å². The zero-order valence-corrected chi connectivity index (χ0v) is 15.7. The number of carboxylic acid groups (broad SMARTS) is 1. The van der Waals surface area contributed by atoms with Crippen molar-refractivity contribution in [2.75, 3.05) is 5.32 Å². The summed E-state index contributed by atoms with van der Waals surface area (Å²) in [6, 6.07) is 11.3. The zero-order chi connectivity index (χ0) is 20.6. The second kappa shape index (κ2) is 9.64. The average molecular weight is 442 g/mol. The van der Waals surface area contributed by atoms with E-state index in [1.54, 1.807) is 30.3 Å². The predicted octanol–water partition coefficient (Wildman–Crippen LogP) is 0.996. The third-order valence-electron chi connectivity index (χ3n) is 2.93. The quantitative estimate of drug-likeness (QED) is 0.228. The minimum atomic E-state index is -5.33. The van der Waals surface area contributed by atoms with Gasteiger partial charge < -0.3 is 5.11 Å². The topological polar surface area (TPSA) is 176 Å². The minimum Gasteiger partial charge on any atom is -0.478 e. The SMILES string of the molecule is CC(=O)Nc1ccc([As](=O)(O)OO)c([N+](=O)[O-])c1.O=C(O)c1ccccc1. The van der Waals surface area contributed by atoms with Gasteiger partial charge in [-0.1, -0.05) is 18.2 Å². The Kier molecular flexibility index (Phi) is 7.88. The van der Waals surface area contributed by atoms with Gasteiger partial charge >= 0.3 is 109 Å². The first-order valence-corrected chi connectivity index (χ1v) is 10.4. The van der Waals surface area contributed by atoms with E-state index in [4.69, 9.17) is 10.4 Å². The molecule has 4 N–H and O–H groups in total. The van der Waals surface area contributed by atoms with Crippen LogP contribution < -0.4 is 9.67 Å². The molecule has 0 aliphatic carbocycles. The van der Waals surface area contributed by atoms with Crippen molar-refractivity contribution < 1.29 is 36.6 Å². The van der Waals surface area contributed by atoms with Crippen LogP contribution in [0.15, 0.2) is 48.5 Å². The number of aromatic carboxylic acids is 1. The number of nitro groups is 1. The monoisotopic (exact) mass is 442 g/mol. The number of nitro benzene ring substituents is 1. The first-order chi connectivity index (χ1) is 12.6. The van der Waals surface area contributed by atoms with Crippen LogP contribution in [0, 0.1) is 10.1 Å².